The molecule has 0 spiro atoms. The van der Waals surface area contributed by atoms with Crippen LogP contribution in [0.25, 0.3) is 10.9 Å². The smallest absolute Gasteiger partial charge is 0.303 e. The van der Waals surface area contributed by atoms with Gasteiger partial charge in [-0.1, -0.05) is 6.07 Å². The minimum Gasteiger partial charge on any atom is -0.481 e. The van der Waals surface area contributed by atoms with Crippen molar-refractivity contribution >= 4 is 16.9 Å². The lowest BCUT2D eigenvalue weighted by molar-refractivity contribution is -0.137. The van der Waals surface area contributed by atoms with Gasteiger partial charge in [0.05, 0.1) is 5.52 Å². The lowest BCUT2D eigenvalue weighted by Crippen LogP contribution is -1.98. The van der Waals surface area contributed by atoms with Crippen molar-refractivity contribution in [3.8, 4) is 0 Å². The molecule has 2 aromatic rings. The Balaban J connectivity index is 2.30. The third-order valence-corrected chi connectivity index (χ3v) is 3.32. The van der Waals surface area contributed by atoms with Gasteiger partial charge >= 0.3 is 5.97 Å². The molecule has 0 radical (unpaired) electrons. The van der Waals surface area contributed by atoms with E-state index in [1.54, 1.807) is 6.07 Å². The van der Waals surface area contributed by atoms with Gasteiger partial charge in [-0.15, -0.1) is 0 Å². The van der Waals surface area contributed by atoms with Gasteiger partial charge in [0, 0.05) is 24.5 Å². The van der Waals surface area contributed by atoms with E-state index >= 15 is 0 Å². The number of fused-ring (bicyclic) bond motifs is 1. The van der Waals surface area contributed by atoms with Gasteiger partial charge in [0.15, 0.2) is 0 Å². The van der Waals surface area contributed by atoms with E-state index in [2.05, 4.69) is 0 Å². The number of carboxylic acids is 1. The highest BCUT2D eigenvalue weighted by Gasteiger charge is 2.11. The monoisotopic (exact) mass is 249 g/mol. The van der Waals surface area contributed by atoms with Gasteiger partial charge in [-0.2, -0.15) is 0 Å². The Kier molecular flexibility index (Phi) is 3.36. The van der Waals surface area contributed by atoms with Gasteiger partial charge in [0.25, 0.3) is 0 Å². The number of hydrogen-bond acceptors (Lipinski definition) is 1. The van der Waals surface area contributed by atoms with Crippen molar-refractivity contribution in [2.24, 2.45) is 7.05 Å². The highest BCUT2D eigenvalue weighted by molar-refractivity contribution is 5.82. The minimum absolute atomic E-state index is 0.0747. The largest absolute Gasteiger partial charge is 0.481 e. The van der Waals surface area contributed by atoms with E-state index in [1.807, 2.05) is 30.7 Å². The molecule has 0 saturated carbocycles. The summed E-state index contributed by atoms with van der Waals surface area (Å²) in [6.07, 6.45) is 0.997. The standard InChI is InChI=1S/C14H16FNO2/c1-9-8-11-12(16(9)2)7-6-10(14(11)15)4-3-5-13(17)18/h6-8H,3-5H2,1-2H3,(H,17,18). The fourth-order valence-corrected chi connectivity index (χ4v) is 2.18. The van der Waals surface area contributed by atoms with Gasteiger partial charge in [-0.25, -0.2) is 4.39 Å². The van der Waals surface area contributed by atoms with Crippen molar-refractivity contribution in [3.63, 3.8) is 0 Å². The van der Waals surface area contributed by atoms with Crippen LogP contribution in [0, 0.1) is 12.7 Å². The Bertz CT molecular complexity index is 601. The Labute approximate surface area is 105 Å². The molecule has 0 amide bonds. The first-order valence-corrected chi connectivity index (χ1v) is 5.96. The fourth-order valence-electron chi connectivity index (χ4n) is 2.18. The molecule has 0 saturated heterocycles. The highest BCUT2D eigenvalue weighted by Crippen LogP contribution is 2.25. The molecule has 96 valence electrons. The van der Waals surface area contributed by atoms with Gasteiger partial charge in [-0.05, 0) is 37.5 Å². The lowest BCUT2D eigenvalue weighted by atomic mass is 10.1. The molecule has 1 heterocycles. The molecule has 0 fully saturated rings. The molecule has 2 rings (SSSR count). The number of aromatic nitrogens is 1. The number of carboxylic acid groups (broad SMARTS) is 1. The Morgan fingerprint density at radius 3 is 2.83 bits per heavy atom. The maximum Gasteiger partial charge on any atom is 0.303 e. The van der Waals surface area contributed by atoms with Crippen molar-refractivity contribution < 1.29 is 14.3 Å². The molecular weight excluding hydrogens is 233 g/mol. The molecule has 4 heteroatoms. The normalized spacial score (nSPS) is 11.1. The molecule has 0 unspecified atom stereocenters. The van der Waals surface area contributed by atoms with Crippen LogP contribution >= 0.6 is 0 Å². The van der Waals surface area contributed by atoms with Gasteiger partial charge in [0.1, 0.15) is 5.82 Å². The first-order chi connectivity index (χ1) is 8.50. The van der Waals surface area contributed by atoms with E-state index in [4.69, 9.17) is 5.11 Å². The van der Waals surface area contributed by atoms with Crippen LogP contribution in [0.5, 0.6) is 0 Å². The molecule has 0 bridgehead atoms. The Hall–Kier alpha value is -1.84. The average Bonchev–Trinajstić information content (AvgIpc) is 2.59. The van der Waals surface area contributed by atoms with Gasteiger partial charge in [0.2, 0.25) is 0 Å². The van der Waals surface area contributed by atoms with Gasteiger partial charge in [-0.3, -0.25) is 4.79 Å². The van der Waals surface area contributed by atoms with Crippen molar-refractivity contribution in [2.45, 2.75) is 26.2 Å². The zero-order valence-electron chi connectivity index (χ0n) is 10.5. The van der Waals surface area contributed by atoms with Crippen LogP contribution in [0.1, 0.15) is 24.1 Å². The van der Waals surface area contributed by atoms with Crippen LogP contribution in [0.3, 0.4) is 0 Å². The van der Waals surface area contributed by atoms with E-state index in [0.29, 0.717) is 23.8 Å². The molecule has 1 aromatic carbocycles. The second-order valence-electron chi connectivity index (χ2n) is 4.56. The molecule has 0 aliphatic carbocycles. The molecule has 0 atom stereocenters. The van der Waals surface area contributed by atoms with E-state index in [1.165, 1.54) is 0 Å². The second-order valence-corrected chi connectivity index (χ2v) is 4.56. The maximum atomic E-state index is 14.2. The van der Waals surface area contributed by atoms with E-state index in [-0.39, 0.29) is 12.2 Å². The van der Waals surface area contributed by atoms with E-state index in [9.17, 15) is 9.18 Å². The zero-order valence-corrected chi connectivity index (χ0v) is 10.5. The zero-order chi connectivity index (χ0) is 13.3. The summed E-state index contributed by atoms with van der Waals surface area (Å²) < 4.78 is 16.2. The number of nitrogens with zero attached hydrogens (tertiary/aromatic N) is 1. The predicted molar refractivity (Wildman–Crippen MR) is 68.2 cm³/mol. The number of carbonyl (C=O) groups is 1. The van der Waals surface area contributed by atoms with Crippen LogP contribution in [0.15, 0.2) is 18.2 Å². The van der Waals surface area contributed by atoms with Crippen LogP contribution in [0.4, 0.5) is 4.39 Å². The number of benzene rings is 1. The summed E-state index contributed by atoms with van der Waals surface area (Å²) in [4.78, 5) is 10.4. The molecular formula is C14H16FNO2. The third kappa shape index (κ3) is 2.23. The molecule has 0 aliphatic heterocycles. The number of hydrogen-bond donors (Lipinski definition) is 1. The quantitative estimate of drug-likeness (QED) is 0.905. The van der Waals surface area contributed by atoms with Crippen molar-refractivity contribution in [3.05, 3.63) is 35.3 Å². The Morgan fingerprint density at radius 2 is 2.17 bits per heavy atom. The summed E-state index contributed by atoms with van der Waals surface area (Å²) in [7, 11) is 1.90. The summed E-state index contributed by atoms with van der Waals surface area (Å²) in [6, 6.07) is 5.46. The number of halogens is 1. The maximum absolute atomic E-state index is 14.2. The molecule has 3 nitrogen and oxygen atoms in total. The molecule has 1 aromatic heterocycles. The molecule has 18 heavy (non-hydrogen) atoms. The lowest BCUT2D eigenvalue weighted by Gasteiger charge is -2.04. The SMILES string of the molecule is Cc1cc2c(F)c(CCCC(=O)O)ccc2n1C. The molecule has 1 N–H and O–H groups in total. The first kappa shape index (κ1) is 12.6. The van der Waals surface area contributed by atoms with Crippen molar-refractivity contribution in [1.82, 2.24) is 4.57 Å². The van der Waals surface area contributed by atoms with Gasteiger partial charge < -0.3 is 9.67 Å². The van der Waals surface area contributed by atoms with Crippen LogP contribution in [-0.2, 0) is 18.3 Å². The fraction of sp³-hybridized carbons (Fsp3) is 0.357. The minimum atomic E-state index is -0.841. The summed E-state index contributed by atoms with van der Waals surface area (Å²) in [5, 5.41) is 9.19. The van der Waals surface area contributed by atoms with Crippen LogP contribution in [-0.4, -0.2) is 15.6 Å². The van der Waals surface area contributed by atoms with Crippen LogP contribution in [0.2, 0.25) is 0 Å². The predicted octanol–water partition coefficient (Wildman–Crippen LogP) is 3.03. The summed E-state index contributed by atoms with van der Waals surface area (Å²) in [5.41, 5.74) is 2.47. The number of aryl methyl sites for hydroxylation is 3. The topological polar surface area (TPSA) is 42.2 Å². The summed E-state index contributed by atoms with van der Waals surface area (Å²) >= 11 is 0. The third-order valence-electron chi connectivity index (χ3n) is 3.32. The summed E-state index contributed by atoms with van der Waals surface area (Å²) in [5.74, 6) is -1.06. The highest BCUT2D eigenvalue weighted by atomic mass is 19.1. The second kappa shape index (κ2) is 4.80. The number of rotatable bonds is 4. The molecule has 0 aliphatic rings. The Morgan fingerprint density at radius 1 is 1.44 bits per heavy atom. The van der Waals surface area contributed by atoms with Crippen molar-refractivity contribution in [2.75, 3.05) is 0 Å². The first-order valence-electron chi connectivity index (χ1n) is 5.96. The summed E-state index contributed by atoms with van der Waals surface area (Å²) in [6.45, 7) is 1.93. The van der Waals surface area contributed by atoms with E-state index in [0.717, 1.165) is 11.2 Å². The average molecular weight is 249 g/mol. The van der Waals surface area contributed by atoms with Crippen LogP contribution < -0.4 is 0 Å². The van der Waals surface area contributed by atoms with E-state index < -0.39 is 5.97 Å². The van der Waals surface area contributed by atoms with Crippen molar-refractivity contribution in [1.29, 1.82) is 0 Å². The number of aliphatic carboxylic acids is 1.